The highest BCUT2D eigenvalue weighted by atomic mass is 16.6. The van der Waals surface area contributed by atoms with E-state index < -0.39 is 0 Å². The molecule has 0 saturated carbocycles. The maximum absolute atomic E-state index is 11.5. The van der Waals surface area contributed by atoms with Gasteiger partial charge in [0.25, 0.3) is 5.69 Å². The summed E-state index contributed by atoms with van der Waals surface area (Å²) in [6, 6.07) is 7.49. The van der Waals surface area contributed by atoms with Crippen LogP contribution in [0.15, 0.2) is 30.5 Å². The Morgan fingerprint density at radius 1 is 1.33 bits per heavy atom. The van der Waals surface area contributed by atoms with Gasteiger partial charge in [0, 0.05) is 17.8 Å². The van der Waals surface area contributed by atoms with E-state index >= 15 is 0 Å². The first kappa shape index (κ1) is 15.4. The van der Waals surface area contributed by atoms with Crippen LogP contribution in [0.1, 0.15) is 32.3 Å². The second-order valence-electron chi connectivity index (χ2n) is 5.15. The summed E-state index contributed by atoms with van der Waals surface area (Å²) in [4.78, 5) is 15.4. The summed E-state index contributed by atoms with van der Waals surface area (Å²) in [6.07, 6.45) is 4.39. The number of likely N-dealkylation sites (N-methyl/N-ethyl adjacent to an activating group) is 1. The number of hydrogen-bond acceptors (Lipinski definition) is 4. The van der Waals surface area contributed by atoms with Crippen molar-refractivity contribution in [1.82, 2.24) is 10.3 Å². The lowest BCUT2D eigenvalue weighted by atomic mass is 9.98. The fourth-order valence-corrected chi connectivity index (χ4v) is 2.74. The van der Waals surface area contributed by atoms with Crippen molar-refractivity contribution in [2.24, 2.45) is 0 Å². The molecule has 1 heterocycles. The van der Waals surface area contributed by atoms with Gasteiger partial charge in [-0.25, -0.2) is 0 Å². The lowest BCUT2D eigenvalue weighted by Gasteiger charge is -2.17. The monoisotopic (exact) mass is 287 g/mol. The first-order chi connectivity index (χ1) is 10.2. The summed E-state index contributed by atoms with van der Waals surface area (Å²) in [5.41, 5.74) is 1.64. The number of pyridine rings is 1. The summed E-state index contributed by atoms with van der Waals surface area (Å²) >= 11 is 0. The van der Waals surface area contributed by atoms with E-state index in [0.29, 0.717) is 17.3 Å². The van der Waals surface area contributed by atoms with Crippen LogP contribution in [0.4, 0.5) is 5.69 Å². The lowest BCUT2D eigenvalue weighted by Crippen LogP contribution is -2.31. The van der Waals surface area contributed by atoms with Crippen LogP contribution in [0.5, 0.6) is 0 Å². The van der Waals surface area contributed by atoms with Crippen molar-refractivity contribution < 1.29 is 4.92 Å². The zero-order valence-electron chi connectivity index (χ0n) is 12.5. The van der Waals surface area contributed by atoms with Crippen molar-refractivity contribution in [3.05, 3.63) is 46.1 Å². The van der Waals surface area contributed by atoms with Crippen molar-refractivity contribution in [2.45, 2.75) is 39.2 Å². The Morgan fingerprint density at radius 3 is 2.81 bits per heavy atom. The van der Waals surface area contributed by atoms with E-state index in [-0.39, 0.29) is 16.7 Å². The van der Waals surface area contributed by atoms with Crippen LogP contribution < -0.4 is 5.32 Å². The molecule has 0 saturated heterocycles. The minimum atomic E-state index is -0.283. The number of aromatic nitrogens is 1. The van der Waals surface area contributed by atoms with E-state index in [2.05, 4.69) is 24.1 Å². The molecule has 0 amide bonds. The summed E-state index contributed by atoms with van der Waals surface area (Å²) in [5, 5.41) is 15.5. The molecule has 0 aliphatic heterocycles. The molecule has 2 aromatic rings. The van der Waals surface area contributed by atoms with Crippen LogP contribution in [0.25, 0.3) is 10.9 Å². The van der Waals surface area contributed by atoms with Crippen LogP contribution >= 0.6 is 0 Å². The highest BCUT2D eigenvalue weighted by Gasteiger charge is 2.21. The molecule has 5 heteroatoms. The maximum atomic E-state index is 11.5. The molecule has 0 radical (unpaired) electrons. The van der Waals surface area contributed by atoms with Gasteiger partial charge in [-0.05, 0) is 43.7 Å². The predicted octanol–water partition coefficient (Wildman–Crippen LogP) is 3.46. The molecule has 0 bridgehead atoms. The normalized spacial score (nSPS) is 12.5. The van der Waals surface area contributed by atoms with Crippen molar-refractivity contribution in [3.63, 3.8) is 0 Å². The molecule has 0 spiro atoms. The fourth-order valence-electron chi connectivity index (χ4n) is 2.74. The second kappa shape index (κ2) is 7.13. The van der Waals surface area contributed by atoms with Crippen molar-refractivity contribution in [2.75, 3.05) is 6.54 Å². The fraction of sp³-hybridized carbons (Fsp3) is 0.438. The van der Waals surface area contributed by atoms with Gasteiger partial charge < -0.3 is 5.32 Å². The number of benzene rings is 1. The minimum Gasteiger partial charge on any atom is -0.314 e. The summed E-state index contributed by atoms with van der Waals surface area (Å²) in [7, 11) is 0. The standard InChI is InChI=1S/C16H21N3O2/c1-3-6-13(17-4-2)11-12-8-9-15-14(7-5-10-18-15)16(12)19(20)21/h5,7-10,13,17H,3-4,6,11H2,1-2H3. The summed E-state index contributed by atoms with van der Waals surface area (Å²) in [6.45, 7) is 5.05. The van der Waals surface area contributed by atoms with Crippen LogP contribution in [0.2, 0.25) is 0 Å². The Labute approximate surface area is 124 Å². The second-order valence-corrected chi connectivity index (χ2v) is 5.15. The number of nitrogens with zero attached hydrogens (tertiary/aromatic N) is 2. The van der Waals surface area contributed by atoms with Gasteiger partial charge in [0.05, 0.1) is 15.8 Å². The largest absolute Gasteiger partial charge is 0.314 e. The van der Waals surface area contributed by atoms with Crippen LogP contribution in [0.3, 0.4) is 0 Å². The Kier molecular flexibility index (Phi) is 5.22. The molecular weight excluding hydrogens is 266 g/mol. The van der Waals surface area contributed by atoms with Gasteiger partial charge in [0.1, 0.15) is 0 Å². The summed E-state index contributed by atoms with van der Waals surface area (Å²) in [5.74, 6) is 0. The smallest absolute Gasteiger partial charge is 0.281 e. The van der Waals surface area contributed by atoms with Crippen molar-refractivity contribution in [3.8, 4) is 0 Å². The van der Waals surface area contributed by atoms with E-state index in [4.69, 9.17) is 0 Å². The molecule has 2 rings (SSSR count). The van der Waals surface area contributed by atoms with Gasteiger partial charge in [-0.1, -0.05) is 20.3 Å². The van der Waals surface area contributed by atoms with E-state index in [0.717, 1.165) is 24.9 Å². The maximum Gasteiger partial charge on any atom is 0.281 e. The number of rotatable bonds is 7. The van der Waals surface area contributed by atoms with Crippen LogP contribution in [0, 0.1) is 10.1 Å². The number of hydrogen-bond donors (Lipinski definition) is 1. The lowest BCUT2D eigenvalue weighted by molar-refractivity contribution is -0.383. The molecule has 21 heavy (non-hydrogen) atoms. The van der Waals surface area contributed by atoms with E-state index in [1.165, 1.54) is 0 Å². The van der Waals surface area contributed by atoms with Crippen molar-refractivity contribution >= 4 is 16.6 Å². The molecule has 1 N–H and O–H groups in total. The average molecular weight is 287 g/mol. The molecule has 1 aromatic carbocycles. The molecule has 1 atom stereocenters. The minimum absolute atomic E-state index is 0.194. The molecule has 5 nitrogen and oxygen atoms in total. The molecule has 0 aliphatic rings. The van der Waals surface area contributed by atoms with E-state index in [9.17, 15) is 10.1 Å². The van der Waals surface area contributed by atoms with Gasteiger partial charge in [0.2, 0.25) is 0 Å². The van der Waals surface area contributed by atoms with E-state index in [1.807, 2.05) is 12.1 Å². The van der Waals surface area contributed by atoms with Gasteiger partial charge in [0.15, 0.2) is 0 Å². The van der Waals surface area contributed by atoms with E-state index in [1.54, 1.807) is 18.3 Å². The third-order valence-electron chi connectivity index (χ3n) is 3.62. The first-order valence-electron chi connectivity index (χ1n) is 7.41. The Bertz CT molecular complexity index is 622. The van der Waals surface area contributed by atoms with Crippen LogP contribution in [-0.4, -0.2) is 22.5 Å². The molecule has 112 valence electrons. The molecule has 0 fully saturated rings. The topological polar surface area (TPSA) is 68.1 Å². The zero-order chi connectivity index (χ0) is 15.2. The molecule has 1 unspecified atom stereocenters. The third-order valence-corrected chi connectivity index (χ3v) is 3.62. The molecule has 0 aliphatic carbocycles. The quantitative estimate of drug-likeness (QED) is 0.625. The Hall–Kier alpha value is -2.01. The van der Waals surface area contributed by atoms with Crippen LogP contribution in [-0.2, 0) is 6.42 Å². The molecule has 1 aromatic heterocycles. The van der Waals surface area contributed by atoms with Gasteiger partial charge >= 0.3 is 0 Å². The first-order valence-corrected chi connectivity index (χ1v) is 7.41. The highest BCUT2D eigenvalue weighted by molar-refractivity contribution is 5.89. The third kappa shape index (κ3) is 3.55. The summed E-state index contributed by atoms with van der Waals surface area (Å²) < 4.78 is 0. The Morgan fingerprint density at radius 2 is 2.14 bits per heavy atom. The number of fused-ring (bicyclic) bond motifs is 1. The average Bonchev–Trinajstić information content (AvgIpc) is 2.47. The molecular formula is C16H21N3O2. The number of nitrogens with one attached hydrogen (secondary N) is 1. The SMILES string of the molecule is CCCC(Cc1ccc2ncccc2c1[N+](=O)[O-])NCC. The number of nitro benzene ring substituents is 1. The van der Waals surface area contributed by atoms with Gasteiger partial charge in [-0.3, -0.25) is 15.1 Å². The van der Waals surface area contributed by atoms with Crippen molar-refractivity contribution in [1.29, 1.82) is 0 Å². The van der Waals surface area contributed by atoms with Gasteiger partial charge in [-0.2, -0.15) is 0 Å². The highest BCUT2D eigenvalue weighted by Crippen LogP contribution is 2.29. The number of nitro groups is 1. The Balaban J connectivity index is 2.42. The predicted molar refractivity (Wildman–Crippen MR) is 84.5 cm³/mol. The zero-order valence-corrected chi connectivity index (χ0v) is 12.5. The van der Waals surface area contributed by atoms with Gasteiger partial charge in [-0.15, -0.1) is 0 Å².